The highest BCUT2D eigenvalue weighted by atomic mass is 19.1. The van der Waals surface area contributed by atoms with Crippen LogP contribution in [0.25, 0.3) is 5.57 Å². The van der Waals surface area contributed by atoms with Crippen LogP contribution in [-0.4, -0.2) is 12.6 Å². The minimum Gasteiger partial charge on any atom is -0.461 e. The van der Waals surface area contributed by atoms with E-state index >= 15 is 0 Å². The summed E-state index contributed by atoms with van der Waals surface area (Å²) in [6, 6.07) is 3.14. The Bertz CT molecular complexity index is 400. The maximum Gasteiger partial charge on any atom is 0.302 e. The van der Waals surface area contributed by atoms with Crippen molar-refractivity contribution < 1.29 is 18.3 Å². The molecule has 1 aromatic rings. The highest BCUT2D eigenvalue weighted by molar-refractivity contribution is 5.70. The number of ether oxygens (including phenoxy) is 1. The zero-order chi connectivity index (χ0) is 11.4. The Morgan fingerprint density at radius 2 is 2.13 bits per heavy atom. The van der Waals surface area contributed by atoms with Crippen molar-refractivity contribution in [1.82, 2.24) is 0 Å². The van der Waals surface area contributed by atoms with Gasteiger partial charge in [0.05, 0.1) is 0 Å². The molecule has 4 heteroatoms. The van der Waals surface area contributed by atoms with Gasteiger partial charge in [-0.2, -0.15) is 0 Å². The normalized spacial score (nSPS) is 9.80. The first kappa shape index (κ1) is 11.4. The summed E-state index contributed by atoms with van der Waals surface area (Å²) in [5.74, 6) is -1.85. The van der Waals surface area contributed by atoms with E-state index in [4.69, 9.17) is 0 Å². The van der Waals surface area contributed by atoms with E-state index < -0.39 is 17.6 Å². The van der Waals surface area contributed by atoms with Crippen LogP contribution in [0.1, 0.15) is 12.5 Å². The Kier molecular flexibility index (Phi) is 3.55. The Labute approximate surface area is 86.2 Å². The van der Waals surface area contributed by atoms with Crippen molar-refractivity contribution in [2.24, 2.45) is 0 Å². The molecule has 0 aromatic heterocycles. The van der Waals surface area contributed by atoms with Gasteiger partial charge < -0.3 is 4.74 Å². The van der Waals surface area contributed by atoms with Gasteiger partial charge in [-0.1, -0.05) is 6.58 Å². The summed E-state index contributed by atoms with van der Waals surface area (Å²) < 4.78 is 30.4. The number of carbonyl (C=O) groups is 1. The van der Waals surface area contributed by atoms with E-state index in [2.05, 4.69) is 11.3 Å². The molecule has 0 atom stereocenters. The molecule has 0 amide bonds. The second-order valence-corrected chi connectivity index (χ2v) is 3.01. The molecule has 0 N–H and O–H groups in total. The first-order chi connectivity index (χ1) is 7.00. The van der Waals surface area contributed by atoms with Crippen molar-refractivity contribution in [3.05, 3.63) is 42.0 Å². The molecule has 0 fully saturated rings. The lowest BCUT2D eigenvalue weighted by atomic mass is 10.1. The molecule has 0 radical (unpaired) electrons. The summed E-state index contributed by atoms with van der Waals surface area (Å²) in [6.45, 7) is 4.69. The van der Waals surface area contributed by atoms with Crippen LogP contribution in [0, 0.1) is 11.6 Å². The average molecular weight is 212 g/mol. The first-order valence-electron chi connectivity index (χ1n) is 4.27. The van der Waals surface area contributed by atoms with E-state index in [0.29, 0.717) is 5.57 Å². The molecule has 1 rings (SSSR count). The van der Waals surface area contributed by atoms with Crippen molar-refractivity contribution in [3.63, 3.8) is 0 Å². The second kappa shape index (κ2) is 4.68. The Morgan fingerprint density at radius 3 is 2.67 bits per heavy atom. The number of rotatable bonds is 3. The van der Waals surface area contributed by atoms with Gasteiger partial charge in [0.15, 0.2) is 0 Å². The minimum atomic E-state index is -0.716. The molecule has 0 bridgehead atoms. The molecule has 15 heavy (non-hydrogen) atoms. The Hall–Kier alpha value is -1.71. The lowest BCUT2D eigenvalue weighted by Gasteiger charge is -2.07. The number of hydrogen-bond acceptors (Lipinski definition) is 2. The zero-order valence-electron chi connectivity index (χ0n) is 8.22. The molecule has 80 valence electrons. The minimum absolute atomic E-state index is 0.0993. The fourth-order valence-electron chi connectivity index (χ4n) is 1.04. The predicted octanol–water partition coefficient (Wildman–Crippen LogP) is 2.54. The fourth-order valence-corrected chi connectivity index (χ4v) is 1.04. The predicted molar refractivity (Wildman–Crippen MR) is 52.0 cm³/mol. The molecule has 0 saturated heterocycles. The quantitative estimate of drug-likeness (QED) is 0.719. The molecule has 1 aromatic carbocycles. The van der Waals surface area contributed by atoms with Crippen LogP contribution in [0.2, 0.25) is 0 Å². The van der Waals surface area contributed by atoms with Gasteiger partial charge in [-0.25, -0.2) is 8.78 Å². The smallest absolute Gasteiger partial charge is 0.302 e. The SMILES string of the molecule is C=C(COC(C)=O)c1ccc(F)cc1F. The summed E-state index contributed by atoms with van der Waals surface area (Å²) in [6.07, 6.45) is 0. The van der Waals surface area contributed by atoms with E-state index in [1.165, 1.54) is 13.0 Å². The number of benzene rings is 1. The Morgan fingerprint density at radius 1 is 1.47 bits per heavy atom. The molecule has 0 heterocycles. The molecular weight excluding hydrogens is 202 g/mol. The van der Waals surface area contributed by atoms with E-state index in [-0.39, 0.29) is 12.2 Å². The van der Waals surface area contributed by atoms with Crippen LogP contribution < -0.4 is 0 Å². The second-order valence-electron chi connectivity index (χ2n) is 3.01. The van der Waals surface area contributed by atoms with E-state index in [1.54, 1.807) is 0 Å². The van der Waals surface area contributed by atoms with Crippen molar-refractivity contribution in [1.29, 1.82) is 0 Å². The third-order valence-corrected chi connectivity index (χ3v) is 1.76. The van der Waals surface area contributed by atoms with Crippen LogP contribution >= 0.6 is 0 Å². The molecular formula is C11H10F2O2. The molecule has 0 unspecified atom stereocenters. The summed E-state index contributed by atoms with van der Waals surface area (Å²) in [5.41, 5.74) is 0.445. The molecule has 0 spiro atoms. The molecule has 0 saturated carbocycles. The van der Waals surface area contributed by atoms with Crippen LogP contribution in [0.4, 0.5) is 8.78 Å². The van der Waals surface area contributed by atoms with Gasteiger partial charge in [0.2, 0.25) is 0 Å². The maximum atomic E-state index is 13.2. The van der Waals surface area contributed by atoms with Crippen molar-refractivity contribution in [2.45, 2.75) is 6.92 Å². The summed E-state index contributed by atoms with van der Waals surface area (Å²) >= 11 is 0. The number of esters is 1. The van der Waals surface area contributed by atoms with Crippen LogP contribution in [0.5, 0.6) is 0 Å². The average Bonchev–Trinajstić information content (AvgIpc) is 2.14. The summed E-state index contributed by atoms with van der Waals surface area (Å²) in [4.78, 5) is 10.5. The van der Waals surface area contributed by atoms with Gasteiger partial charge in [0.25, 0.3) is 0 Å². The standard InChI is InChI=1S/C11H10F2O2/c1-7(6-15-8(2)14)10-4-3-9(12)5-11(10)13/h3-5H,1,6H2,2H3. The molecule has 0 aliphatic carbocycles. The third kappa shape index (κ3) is 3.16. The van der Waals surface area contributed by atoms with Gasteiger partial charge in [-0.15, -0.1) is 0 Å². The molecule has 0 aliphatic rings. The first-order valence-corrected chi connectivity index (χ1v) is 4.27. The summed E-state index contributed by atoms with van der Waals surface area (Å²) in [5, 5.41) is 0. The van der Waals surface area contributed by atoms with Gasteiger partial charge in [0, 0.05) is 18.6 Å². The molecule has 0 aliphatic heterocycles. The van der Waals surface area contributed by atoms with Crippen LogP contribution in [0.3, 0.4) is 0 Å². The maximum absolute atomic E-state index is 13.2. The number of carbonyl (C=O) groups excluding carboxylic acids is 1. The third-order valence-electron chi connectivity index (χ3n) is 1.76. The van der Waals surface area contributed by atoms with Gasteiger partial charge in [-0.05, 0) is 17.7 Å². The van der Waals surface area contributed by atoms with Gasteiger partial charge >= 0.3 is 5.97 Å². The lowest BCUT2D eigenvalue weighted by molar-refractivity contribution is -0.139. The van der Waals surface area contributed by atoms with Crippen LogP contribution in [-0.2, 0) is 9.53 Å². The van der Waals surface area contributed by atoms with E-state index in [9.17, 15) is 13.6 Å². The largest absolute Gasteiger partial charge is 0.461 e. The Balaban J connectivity index is 2.78. The molecule has 2 nitrogen and oxygen atoms in total. The number of hydrogen-bond donors (Lipinski definition) is 0. The van der Waals surface area contributed by atoms with Gasteiger partial charge in [0.1, 0.15) is 18.2 Å². The van der Waals surface area contributed by atoms with Crippen molar-refractivity contribution in [3.8, 4) is 0 Å². The lowest BCUT2D eigenvalue weighted by Crippen LogP contribution is -2.03. The topological polar surface area (TPSA) is 26.3 Å². The van der Waals surface area contributed by atoms with E-state index in [0.717, 1.165) is 12.1 Å². The highest BCUT2D eigenvalue weighted by Gasteiger charge is 2.08. The monoisotopic (exact) mass is 212 g/mol. The fraction of sp³-hybridized carbons (Fsp3) is 0.182. The van der Waals surface area contributed by atoms with Gasteiger partial charge in [-0.3, -0.25) is 4.79 Å². The summed E-state index contributed by atoms with van der Waals surface area (Å²) in [7, 11) is 0. The van der Waals surface area contributed by atoms with Crippen LogP contribution in [0.15, 0.2) is 24.8 Å². The van der Waals surface area contributed by atoms with Crippen molar-refractivity contribution in [2.75, 3.05) is 6.61 Å². The number of halogens is 2. The van der Waals surface area contributed by atoms with E-state index in [1.807, 2.05) is 0 Å². The van der Waals surface area contributed by atoms with Crippen molar-refractivity contribution >= 4 is 11.5 Å². The zero-order valence-corrected chi connectivity index (χ0v) is 8.22. The highest BCUT2D eigenvalue weighted by Crippen LogP contribution is 2.17.